The monoisotopic (exact) mass is 396 g/mol. The van der Waals surface area contributed by atoms with Crippen molar-refractivity contribution in [1.82, 2.24) is 24.5 Å². The van der Waals surface area contributed by atoms with E-state index in [4.69, 9.17) is 5.21 Å². The van der Waals surface area contributed by atoms with Gasteiger partial charge in [0.15, 0.2) is 0 Å². The van der Waals surface area contributed by atoms with Gasteiger partial charge in [0.05, 0.1) is 24.6 Å². The Bertz CT molecular complexity index is 1070. The Morgan fingerprint density at radius 2 is 2.04 bits per heavy atom. The number of benzene rings is 1. The summed E-state index contributed by atoms with van der Waals surface area (Å²) in [5.74, 6) is 0. The summed E-state index contributed by atoms with van der Waals surface area (Å²) in [6.07, 6.45) is 6.90. The zero-order valence-corrected chi connectivity index (χ0v) is 14.6. The molecule has 4 rings (SSSR count). The number of aromatic nitrogens is 5. The average molecular weight is 397 g/mol. The van der Waals surface area contributed by atoms with Crippen LogP contribution in [0.15, 0.2) is 64.6 Å². The molecule has 0 aliphatic rings. The molecule has 124 valence electrons. The summed E-state index contributed by atoms with van der Waals surface area (Å²) < 4.78 is 4.64. The van der Waals surface area contributed by atoms with E-state index < -0.39 is 0 Å². The molecule has 0 aliphatic carbocycles. The topological polar surface area (TPSA) is 81.1 Å². The third kappa shape index (κ3) is 2.91. The number of fused-ring (bicyclic) bond motifs is 1. The number of halogens is 1. The highest BCUT2D eigenvalue weighted by atomic mass is 79.9. The minimum atomic E-state index is 0.511. The number of hydrogen-bond donors (Lipinski definition) is 1. The van der Waals surface area contributed by atoms with E-state index in [1.807, 2.05) is 53.4 Å². The molecule has 4 aromatic rings. The van der Waals surface area contributed by atoms with E-state index in [2.05, 4.69) is 36.4 Å². The van der Waals surface area contributed by atoms with Crippen molar-refractivity contribution >= 4 is 33.2 Å². The van der Waals surface area contributed by atoms with E-state index in [9.17, 15) is 0 Å². The molecular weight excluding hydrogens is 384 g/mol. The second-order valence-electron chi connectivity index (χ2n) is 5.44. The molecule has 0 amide bonds. The van der Waals surface area contributed by atoms with Gasteiger partial charge in [0, 0.05) is 27.8 Å². The maximum Gasteiger partial charge on any atom is 0.140 e. The molecular formula is C17H13BrN6O. The zero-order valence-electron chi connectivity index (χ0n) is 13.0. The Kier molecular flexibility index (Phi) is 4.02. The van der Waals surface area contributed by atoms with Crippen molar-refractivity contribution in [2.45, 2.75) is 6.54 Å². The summed E-state index contributed by atoms with van der Waals surface area (Å²) >= 11 is 3.52. The predicted molar refractivity (Wildman–Crippen MR) is 97.3 cm³/mol. The summed E-state index contributed by atoms with van der Waals surface area (Å²) in [6, 6.07) is 11.6. The molecule has 0 bridgehead atoms. The molecule has 25 heavy (non-hydrogen) atoms. The summed E-state index contributed by atoms with van der Waals surface area (Å²) in [6.45, 7) is 0.511. The fourth-order valence-corrected chi connectivity index (χ4v) is 3.20. The van der Waals surface area contributed by atoms with Crippen LogP contribution in [-0.2, 0) is 6.54 Å². The maximum atomic E-state index is 8.84. The van der Waals surface area contributed by atoms with Gasteiger partial charge in [-0.1, -0.05) is 22.5 Å². The van der Waals surface area contributed by atoms with E-state index in [-0.39, 0.29) is 0 Å². The molecule has 0 atom stereocenters. The Morgan fingerprint density at radius 1 is 1.16 bits per heavy atom. The number of oxime groups is 1. The summed E-state index contributed by atoms with van der Waals surface area (Å²) in [7, 11) is 0. The third-order valence-electron chi connectivity index (χ3n) is 3.83. The molecule has 0 unspecified atom stereocenters. The molecule has 7 nitrogen and oxygen atoms in total. The lowest BCUT2D eigenvalue weighted by Gasteiger charge is -2.02. The minimum Gasteiger partial charge on any atom is -0.411 e. The summed E-state index contributed by atoms with van der Waals surface area (Å²) in [5, 5.41) is 21.3. The van der Waals surface area contributed by atoms with E-state index in [0.29, 0.717) is 6.54 Å². The van der Waals surface area contributed by atoms with E-state index >= 15 is 0 Å². The highest BCUT2D eigenvalue weighted by molar-refractivity contribution is 9.10. The highest BCUT2D eigenvalue weighted by Gasteiger charge is 2.11. The van der Waals surface area contributed by atoms with Gasteiger partial charge in [-0.05, 0) is 40.2 Å². The van der Waals surface area contributed by atoms with Crippen molar-refractivity contribution < 1.29 is 5.21 Å². The molecule has 1 N–H and O–H groups in total. The van der Waals surface area contributed by atoms with Gasteiger partial charge >= 0.3 is 0 Å². The van der Waals surface area contributed by atoms with Crippen LogP contribution in [0.4, 0.5) is 0 Å². The van der Waals surface area contributed by atoms with Crippen molar-refractivity contribution in [3.63, 3.8) is 0 Å². The number of pyridine rings is 1. The van der Waals surface area contributed by atoms with Crippen LogP contribution in [0.2, 0.25) is 0 Å². The Morgan fingerprint density at radius 3 is 2.88 bits per heavy atom. The number of hydrogen-bond acceptors (Lipinski definition) is 5. The van der Waals surface area contributed by atoms with Gasteiger partial charge in [-0.25, -0.2) is 9.67 Å². The quantitative estimate of drug-likeness (QED) is 0.326. The SMILES string of the molecule is O/N=C/c1cn(Cc2cn(-c3ccccc3Br)nn2)c2ncccc12. The van der Waals surface area contributed by atoms with Gasteiger partial charge in [0.25, 0.3) is 0 Å². The minimum absolute atomic E-state index is 0.511. The van der Waals surface area contributed by atoms with Crippen LogP contribution < -0.4 is 0 Å². The van der Waals surface area contributed by atoms with Crippen molar-refractivity contribution in [2.75, 3.05) is 0 Å². The van der Waals surface area contributed by atoms with Crippen LogP contribution in [0.5, 0.6) is 0 Å². The van der Waals surface area contributed by atoms with Crippen molar-refractivity contribution in [3.8, 4) is 5.69 Å². The van der Waals surface area contributed by atoms with Crippen LogP contribution in [-0.4, -0.2) is 36.0 Å². The molecule has 0 fully saturated rings. The molecule has 0 saturated carbocycles. The second-order valence-corrected chi connectivity index (χ2v) is 6.29. The fourth-order valence-electron chi connectivity index (χ4n) is 2.74. The second kappa shape index (κ2) is 6.48. The Balaban J connectivity index is 1.70. The predicted octanol–water partition coefficient (Wildman–Crippen LogP) is 3.24. The fraction of sp³-hybridized carbons (Fsp3) is 0.0588. The highest BCUT2D eigenvalue weighted by Crippen LogP contribution is 2.21. The van der Waals surface area contributed by atoms with Crippen molar-refractivity contribution in [3.05, 3.63) is 70.7 Å². The molecule has 0 saturated heterocycles. The zero-order chi connectivity index (χ0) is 17.2. The first-order chi connectivity index (χ1) is 12.3. The first-order valence-electron chi connectivity index (χ1n) is 7.53. The molecule has 0 aliphatic heterocycles. The van der Waals surface area contributed by atoms with Crippen molar-refractivity contribution in [2.24, 2.45) is 5.16 Å². The van der Waals surface area contributed by atoms with Gasteiger partial charge in [0.2, 0.25) is 0 Å². The van der Waals surface area contributed by atoms with E-state index in [1.54, 1.807) is 10.9 Å². The first kappa shape index (κ1) is 15.5. The van der Waals surface area contributed by atoms with Crippen LogP contribution in [0.25, 0.3) is 16.7 Å². The lowest BCUT2D eigenvalue weighted by atomic mass is 10.2. The van der Waals surface area contributed by atoms with Crippen LogP contribution in [0.3, 0.4) is 0 Å². The Hall–Kier alpha value is -3.00. The van der Waals surface area contributed by atoms with E-state index in [1.165, 1.54) is 6.21 Å². The maximum absolute atomic E-state index is 8.84. The van der Waals surface area contributed by atoms with E-state index in [0.717, 1.165) is 32.5 Å². The molecule has 3 aromatic heterocycles. The smallest absolute Gasteiger partial charge is 0.140 e. The van der Waals surface area contributed by atoms with Crippen LogP contribution in [0, 0.1) is 0 Å². The molecule has 8 heteroatoms. The summed E-state index contributed by atoms with van der Waals surface area (Å²) in [5.41, 5.74) is 3.31. The number of rotatable bonds is 4. The van der Waals surface area contributed by atoms with Gasteiger partial charge in [-0.2, -0.15) is 0 Å². The number of para-hydroxylation sites is 1. The molecule has 1 aromatic carbocycles. The molecule has 0 radical (unpaired) electrons. The Labute approximate surface area is 151 Å². The number of nitrogens with zero attached hydrogens (tertiary/aromatic N) is 6. The standard InChI is InChI=1S/C17H13BrN6O/c18-15-5-1-2-6-16(15)24-11-13(21-22-24)10-23-9-12(8-20-25)14-4-3-7-19-17(14)23/h1-9,11,25H,10H2/b20-8+. The molecule has 0 spiro atoms. The van der Waals surface area contributed by atoms with Crippen molar-refractivity contribution in [1.29, 1.82) is 0 Å². The van der Waals surface area contributed by atoms with Crippen LogP contribution >= 0.6 is 15.9 Å². The summed E-state index contributed by atoms with van der Waals surface area (Å²) in [4.78, 5) is 4.42. The van der Waals surface area contributed by atoms with Gasteiger partial charge in [-0.3, -0.25) is 0 Å². The lowest BCUT2D eigenvalue weighted by molar-refractivity contribution is 0.322. The normalized spacial score (nSPS) is 11.6. The van der Waals surface area contributed by atoms with Gasteiger partial charge in [-0.15, -0.1) is 5.10 Å². The van der Waals surface area contributed by atoms with Crippen LogP contribution in [0.1, 0.15) is 11.3 Å². The third-order valence-corrected chi connectivity index (χ3v) is 4.50. The van der Waals surface area contributed by atoms with Gasteiger partial charge in [0.1, 0.15) is 11.3 Å². The average Bonchev–Trinajstić information content (AvgIpc) is 3.22. The largest absolute Gasteiger partial charge is 0.411 e. The first-order valence-corrected chi connectivity index (χ1v) is 8.33. The van der Waals surface area contributed by atoms with Gasteiger partial charge < -0.3 is 9.77 Å². The lowest BCUT2D eigenvalue weighted by Crippen LogP contribution is -1.99. The molecule has 3 heterocycles.